The van der Waals surface area contributed by atoms with Crippen LogP contribution in [0.15, 0.2) is 89.8 Å². The van der Waals surface area contributed by atoms with Crippen molar-refractivity contribution in [3.05, 3.63) is 101 Å². The van der Waals surface area contributed by atoms with Crippen molar-refractivity contribution in [1.29, 1.82) is 0 Å². The van der Waals surface area contributed by atoms with Crippen LogP contribution < -0.4 is 9.62 Å². The molecule has 0 aliphatic heterocycles. The molecular weight excluding hydrogens is 508 g/mol. The summed E-state index contributed by atoms with van der Waals surface area (Å²) in [7, 11) is -4.24. The van der Waals surface area contributed by atoms with Crippen LogP contribution in [0.4, 0.5) is 11.4 Å². The van der Waals surface area contributed by atoms with E-state index in [1.165, 1.54) is 41.3 Å². The lowest BCUT2D eigenvalue weighted by Gasteiger charge is -2.33. The van der Waals surface area contributed by atoms with E-state index in [-0.39, 0.29) is 28.7 Å². The van der Waals surface area contributed by atoms with Gasteiger partial charge in [0, 0.05) is 25.2 Å². The van der Waals surface area contributed by atoms with E-state index in [1.54, 1.807) is 32.0 Å². The topological polar surface area (TPSA) is 130 Å². The number of likely N-dealkylation sites (N-methyl/N-ethyl adjacent to an activating group) is 1. The third-order valence-corrected chi connectivity index (χ3v) is 7.68. The van der Waals surface area contributed by atoms with Crippen LogP contribution in [0.3, 0.4) is 0 Å². The Hall–Kier alpha value is -4.25. The Morgan fingerprint density at radius 3 is 2.03 bits per heavy atom. The van der Waals surface area contributed by atoms with Crippen LogP contribution in [-0.4, -0.2) is 49.2 Å². The number of amides is 2. The molecule has 3 aromatic rings. The number of hydrogen-bond acceptors (Lipinski definition) is 6. The molecule has 3 rings (SSSR count). The summed E-state index contributed by atoms with van der Waals surface area (Å²) in [5.41, 5.74) is 0.639. The number of benzene rings is 3. The van der Waals surface area contributed by atoms with Gasteiger partial charge < -0.3 is 10.2 Å². The maximum absolute atomic E-state index is 13.8. The molecule has 200 valence electrons. The summed E-state index contributed by atoms with van der Waals surface area (Å²) in [6.45, 7) is 3.41. The molecule has 3 aromatic carbocycles. The first-order chi connectivity index (χ1) is 18.2. The highest BCUT2D eigenvalue weighted by atomic mass is 32.2. The van der Waals surface area contributed by atoms with E-state index in [4.69, 9.17) is 0 Å². The van der Waals surface area contributed by atoms with Gasteiger partial charge in [0.1, 0.15) is 12.6 Å². The second-order valence-electron chi connectivity index (χ2n) is 8.42. The van der Waals surface area contributed by atoms with Crippen molar-refractivity contribution in [2.45, 2.75) is 37.8 Å². The molecule has 11 heteroatoms. The molecule has 0 bridgehead atoms. The van der Waals surface area contributed by atoms with Gasteiger partial charge in [-0.1, -0.05) is 55.5 Å². The third-order valence-electron chi connectivity index (χ3n) is 5.89. The molecule has 1 atom stereocenters. The molecule has 0 saturated heterocycles. The first kappa shape index (κ1) is 28.3. The van der Waals surface area contributed by atoms with Crippen molar-refractivity contribution in [1.82, 2.24) is 10.2 Å². The molecule has 1 N–H and O–H groups in total. The lowest BCUT2D eigenvalue weighted by molar-refractivity contribution is -0.384. The monoisotopic (exact) mass is 538 g/mol. The number of carbonyl (C=O) groups excluding carboxylic acids is 2. The predicted octanol–water partition coefficient (Wildman–Crippen LogP) is 3.73. The normalized spacial score (nSPS) is 11.8. The molecule has 0 aliphatic rings. The van der Waals surface area contributed by atoms with Crippen molar-refractivity contribution < 1.29 is 22.9 Å². The second-order valence-corrected chi connectivity index (χ2v) is 10.3. The number of nitrogens with zero attached hydrogens (tertiary/aromatic N) is 3. The van der Waals surface area contributed by atoms with Crippen LogP contribution in [0.25, 0.3) is 0 Å². The molecule has 0 radical (unpaired) electrons. The molecule has 2 amide bonds. The van der Waals surface area contributed by atoms with Gasteiger partial charge in [0.05, 0.1) is 15.5 Å². The van der Waals surface area contributed by atoms with Gasteiger partial charge in [0.25, 0.3) is 15.7 Å². The van der Waals surface area contributed by atoms with Gasteiger partial charge in [0.2, 0.25) is 11.8 Å². The first-order valence-electron chi connectivity index (χ1n) is 12.1. The van der Waals surface area contributed by atoms with Crippen LogP contribution in [0.1, 0.15) is 25.8 Å². The zero-order valence-electron chi connectivity index (χ0n) is 21.2. The third kappa shape index (κ3) is 6.74. The van der Waals surface area contributed by atoms with Crippen LogP contribution in [-0.2, 0) is 26.2 Å². The molecule has 38 heavy (non-hydrogen) atoms. The molecule has 0 saturated carbocycles. The Balaban J connectivity index is 2.05. The molecular formula is C27H30N4O6S. The summed E-state index contributed by atoms with van der Waals surface area (Å²) in [5.74, 6) is -0.933. The number of sulfonamides is 1. The fraction of sp³-hybridized carbons (Fsp3) is 0.259. The number of anilines is 1. The van der Waals surface area contributed by atoms with Crippen LogP contribution in [0.5, 0.6) is 0 Å². The largest absolute Gasteiger partial charge is 0.355 e. The van der Waals surface area contributed by atoms with E-state index in [0.29, 0.717) is 13.0 Å². The number of nitro groups is 1. The van der Waals surface area contributed by atoms with Crippen LogP contribution >= 0.6 is 0 Å². The summed E-state index contributed by atoms with van der Waals surface area (Å²) in [6.07, 6.45) is 0.313. The average molecular weight is 539 g/mol. The van der Waals surface area contributed by atoms with Crippen molar-refractivity contribution in [3.63, 3.8) is 0 Å². The standard InChI is InChI=1S/C27H30N4O6S/c1-3-25(27(33)28-4-2)29(19-21-11-7-5-8-12-21)26(32)20-30(22-15-17-23(18-16-22)31(34)35)38(36,37)24-13-9-6-10-14-24/h5-18,25H,3-4,19-20H2,1-2H3,(H,28,33)/t25-/m0/s1. The van der Waals surface area contributed by atoms with E-state index >= 15 is 0 Å². The SMILES string of the molecule is CCNC(=O)[C@H](CC)N(Cc1ccccc1)C(=O)CN(c1ccc([N+](=O)[O-])cc1)S(=O)(=O)c1ccccc1. The van der Waals surface area contributed by atoms with Crippen molar-refractivity contribution in [2.24, 2.45) is 0 Å². The predicted molar refractivity (Wildman–Crippen MR) is 144 cm³/mol. The van der Waals surface area contributed by atoms with E-state index in [9.17, 15) is 28.1 Å². The Morgan fingerprint density at radius 1 is 0.921 bits per heavy atom. The van der Waals surface area contributed by atoms with Crippen molar-refractivity contribution >= 4 is 33.2 Å². The van der Waals surface area contributed by atoms with Gasteiger partial charge in [-0.2, -0.15) is 0 Å². The Kier molecular flexibility index (Phi) is 9.55. The minimum atomic E-state index is -4.24. The van der Waals surface area contributed by atoms with E-state index < -0.39 is 33.4 Å². The second kappa shape index (κ2) is 12.8. The molecule has 0 aromatic heterocycles. The number of carbonyl (C=O) groups is 2. The summed E-state index contributed by atoms with van der Waals surface area (Å²) >= 11 is 0. The highest BCUT2D eigenvalue weighted by Gasteiger charge is 2.33. The highest BCUT2D eigenvalue weighted by Crippen LogP contribution is 2.26. The number of nitrogens with one attached hydrogen (secondary N) is 1. The lowest BCUT2D eigenvalue weighted by atomic mass is 10.1. The first-order valence-corrected chi connectivity index (χ1v) is 13.6. The van der Waals surface area contributed by atoms with E-state index in [1.807, 2.05) is 30.3 Å². The molecule has 0 unspecified atom stereocenters. The maximum Gasteiger partial charge on any atom is 0.269 e. The number of hydrogen-bond donors (Lipinski definition) is 1. The molecule has 0 spiro atoms. The van der Waals surface area contributed by atoms with E-state index in [2.05, 4.69) is 5.32 Å². The Labute approximate surface area is 222 Å². The molecule has 0 fully saturated rings. The highest BCUT2D eigenvalue weighted by molar-refractivity contribution is 7.92. The zero-order chi connectivity index (χ0) is 27.7. The van der Waals surface area contributed by atoms with Gasteiger partial charge >= 0.3 is 0 Å². The number of nitro benzene ring substituents is 1. The molecule has 0 heterocycles. The molecule has 0 aliphatic carbocycles. The zero-order valence-corrected chi connectivity index (χ0v) is 22.0. The fourth-order valence-corrected chi connectivity index (χ4v) is 5.42. The summed E-state index contributed by atoms with van der Waals surface area (Å²) < 4.78 is 28.3. The Bertz CT molecular complexity index is 1350. The van der Waals surface area contributed by atoms with Gasteiger partial charge in [-0.15, -0.1) is 0 Å². The van der Waals surface area contributed by atoms with Crippen molar-refractivity contribution in [3.8, 4) is 0 Å². The lowest BCUT2D eigenvalue weighted by Crippen LogP contribution is -2.52. The summed E-state index contributed by atoms with van der Waals surface area (Å²) in [6, 6.07) is 20.8. The van der Waals surface area contributed by atoms with Crippen LogP contribution in [0, 0.1) is 10.1 Å². The fourth-order valence-electron chi connectivity index (χ4n) is 3.98. The number of rotatable bonds is 12. The maximum atomic E-state index is 13.8. The van der Waals surface area contributed by atoms with E-state index in [0.717, 1.165) is 9.87 Å². The summed E-state index contributed by atoms with van der Waals surface area (Å²) in [5, 5.41) is 13.9. The van der Waals surface area contributed by atoms with Gasteiger partial charge in [-0.25, -0.2) is 8.42 Å². The molecule has 10 nitrogen and oxygen atoms in total. The van der Waals surface area contributed by atoms with Gasteiger partial charge in [-0.05, 0) is 43.2 Å². The average Bonchev–Trinajstić information content (AvgIpc) is 2.92. The minimum Gasteiger partial charge on any atom is -0.355 e. The van der Waals surface area contributed by atoms with Gasteiger partial charge in [-0.3, -0.25) is 24.0 Å². The Morgan fingerprint density at radius 2 is 1.50 bits per heavy atom. The summed E-state index contributed by atoms with van der Waals surface area (Å²) in [4.78, 5) is 38.6. The minimum absolute atomic E-state index is 0.0449. The van der Waals surface area contributed by atoms with Crippen molar-refractivity contribution in [2.75, 3.05) is 17.4 Å². The smallest absolute Gasteiger partial charge is 0.269 e. The van der Waals surface area contributed by atoms with Crippen LogP contribution in [0.2, 0.25) is 0 Å². The number of non-ortho nitro benzene ring substituents is 1. The quantitative estimate of drug-likeness (QED) is 0.276. The van der Waals surface area contributed by atoms with Gasteiger partial charge in [0.15, 0.2) is 0 Å².